The second-order valence-electron chi connectivity index (χ2n) is 10.5. The first-order chi connectivity index (χ1) is 11.6. The maximum Gasteiger partial charge on any atom is 0.186 e. The number of ketones is 1. The molecule has 0 amide bonds. The number of hydroxylamine groups is 4. The van der Waals surface area contributed by atoms with Gasteiger partial charge in [0, 0.05) is 30.3 Å². The van der Waals surface area contributed by atoms with Crippen LogP contribution in [0.2, 0.25) is 0 Å². The summed E-state index contributed by atoms with van der Waals surface area (Å²) in [5.41, 5.74) is -2.56. The van der Waals surface area contributed by atoms with Gasteiger partial charge in [-0.05, 0) is 67.4 Å². The molecule has 0 aromatic carbocycles. The number of Topliss-reactive ketones (excluding diaryl/α,β-unsaturated/α-hetero) is 1. The molecule has 1 fully saturated rings. The summed E-state index contributed by atoms with van der Waals surface area (Å²) in [6.07, 6.45) is 1.94. The van der Waals surface area contributed by atoms with Crippen LogP contribution < -0.4 is 0 Å². The van der Waals surface area contributed by atoms with Crippen molar-refractivity contribution in [3.63, 3.8) is 0 Å². The summed E-state index contributed by atoms with van der Waals surface area (Å²) in [5.74, 6) is 0.845. The van der Waals surface area contributed by atoms with E-state index in [1.54, 1.807) is 0 Å². The van der Waals surface area contributed by atoms with Gasteiger partial charge in [-0.2, -0.15) is 10.1 Å². The second kappa shape index (κ2) is 5.31. The van der Waals surface area contributed by atoms with Crippen molar-refractivity contribution in [2.75, 3.05) is 0 Å². The minimum Gasteiger partial charge on any atom is -0.482 e. The van der Waals surface area contributed by atoms with Crippen molar-refractivity contribution >= 4 is 5.78 Å². The second-order valence-corrected chi connectivity index (χ2v) is 10.5. The average Bonchev–Trinajstić information content (AvgIpc) is 2.49. The molecular weight excluding hydrogens is 332 g/mol. The maximum absolute atomic E-state index is 13.3. The Hall–Kier alpha value is -0.950. The lowest BCUT2D eigenvalue weighted by atomic mass is 9.64. The lowest BCUT2D eigenvalue weighted by Crippen LogP contribution is -2.75. The molecule has 1 unspecified atom stereocenters. The molecule has 3 aliphatic heterocycles. The van der Waals surface area contributed by atoms with Gasteiger partial charge < -0.3 is 15.2 Å². The minimum absolute atomic E-state index is 0.0476. The molecule has 0 bridgehead atoms. The van der Waals surface area contributed by atoms with Gasteiger partial charge in [0.25, 0.3) is 0 Å². The van der Waals surface area contributed by atoms with Crippen LogP contribution in [0.1, 0.15) is 81.1 Å². The van der Waals surface area contributed by atoms with Gasteiger partial charge in [0.05, 0.1) is 11.1 Å². The Bertz CT molecular complexity index is 677. The van der Waals surface area contributed by atoms with Gasteiger partial charge in [-0.1, -0.05) is 0 Å². The molecule has 0 aliphatic carbocycles. The summed E-state index contributed by atoms with van der Waals surface area (Å²) in [6, 6.07) is 0. The third-order valence-electron chi connectivity index (χ3n) is 6.93. The van der Waals surface area contributed by atoms with Crippen LogP contribution in [0, 0.1) is 0 Å². The first-order valence-corrected chi connectivity index (χ1v) is 9.53. The predicted octanol–water partition coefficient (Wildman–Crippen LogP) is 3.66. The van der Waals surface area contributed by atoms with Gasteiger partial charge in [-0.15, -0.1) is 0 Å². The molecule has 0 radical (unpaired) electrons. The van der Waals surface area contributed by atoms with Crippen LogP contribution >= 0.6 is 0 Å². The standard InChI is InChI=1S/C20H34N2O4/c1-16(2)11-14-13(18(5,6)21(16)24)9-10-20(26-14)15(23)12-17(3,4)22(25)19(20,7)8/h24-25H,9-12H2,1-8H3. The van der Waals surface area contributed by atoms with E-state index in [4.69, 9.17) is 4.74 Å². The van der Waals surface area contributed by atoms with E-state index < -0.39 is 27.8 Å². The summed E-state index contributed by atoms with van der Waals surface area (Å²) < 4.78 is 6.52. The Morgan fingerprint density at radius 2 is 1.42 bits per heavy atom. The summed E-state index contributed by atoms with van der Waals surface area (Å²) in [4.78, 5) is 13.3. The number of nitrogens with zero attached hydrogens (tertiary/aromatic N) is 2. The Labute approximate surface area is 156 Å². The molecule has 0 aromatic heterocycles. The van der Waals surface area contributed by atoms with Crippen molar-refractivity contribution in [2.45, 2.75) is 109 Å². The van der Waals surface area contributed by atoms with E-state index in [9.17, 15) is 15.2 Å². The topological polar surface area (TPSA) is 73.2 Å². The van der Waals surface area contributed by atoms with Gasteiger partial charge >= 0.3 is 0 Å². The monoisotopic (exact) mass is 366 g/mol. The highest BCUT2D eigenvalue weighted by Gasteiger charge is 2.65. The summed E-state index contributed by atoms with van der Waals surface area (Å²) in [6.45, 7) is 15.4. The maximum atomic E-state index is 13.3. The average molecular weight is 367 g/mol. The highest BCUT2D eigenvalue weighted by atomic mass is 16.5. The molecule has 3 rings (SSSR count). The van der Waals surface area contributed by atoms with Crippen molar-refractivity contribution in [3.05, 3.63) is 11.3 Å². The van der Waals surface area contributed by atoms with E-state index >= 15 is 0 Å². The lowest BCUT2D eigenvalue weighted by molar-refractivity contribution is -0.293. The number of hydrogen-bond donors (Lipinski definition) is 2. The molecule has 3 aliphatic rings. The van der Waals surface area contributed by atoms with E-state index in [1.807, 2.05) is 55.4 Å². The van der Waals surface area contributed by atoms with E-state index in [-0.39, 0.29) is 12.2 Å². The van der Waals surface area contributed by atoms with Gasteiger partial charge in [-0.25, -0.2) is 0 Å². The quantitative estimate of drug-likeness (QED) is 0.681. The first kappa shape index (κ1) is 19.8. The molecule has 1 spiro atoms. The molecule has 1 atom stereocenters. The van der Waals surface area contributed by atoms with E-state index in [0.717, 1.165) is 11.3 Å². The smallest absolute Gasteiger partial charge is 0.186 e. The molecule has 6 heteroatoms. The fraction of sp³-hybridized carbons (Fsp3) is 0.850. The molecule has 3 heterocycles. The van der Waals surface area contributed by atoms with Crippen molar-refractivity contribution in [1.82, 2.24) is 10.1 Å². The van der Waals surface area contributed by atoms with E-state index in [2.05, 4.69) is 0 Å². The Morgan fingerprint density at radius 3 is 2.00 bits per heavy atom. The lowest BCUT2D eigenvalue weighted by Gasteiger charge is -2.61. The van der Waals surface area contributed by atoms with Crippen LogP contribution in [-0.4, -0.2) is 54.1 Å². The van der Waals surface area contributed by atoms with Crippen LogP contribution in [0.4, 0.5) is 0 Å². The van der Waals surface area contributed by atoms with Crippen LogP contribution in [-0.2, 0) is 9.53 Å². The number of hydrogen-bond acceptors (Lipinski definition) is 6. The van der Waals surface area contributed by atoms with Crippen LogP contribution in [0.15, 0.2) is 11.3 Å². The Balaban J connectivity index is 2.08. The van der Waals surface area contributed by atoms with Crippen molar-refractivity contribution in [1.29, 1.82) is 0 Å². The number of carbonyl (C=O) groups excluding carboxylic acids is 1. The van der Waals surface area contributed by atoms with E-state index in [1.165, 1.54) is 10.1 Å². The number of carbonyl (C=O) groups is 1. The van der Waals surface area contributed by atoms with E-state index in [0.29, 0.717) is 19.3 Å². The largest absolute Gasteiger partial charge is 0.482 e. The fourth-order valence-electron chi connectivity index (χ4n) is 5.41. The SMILES string of the molecule is CC1(C)CC2=C(CCC3(O2)C(=O)CC(C)(C)N(O)C3(C)C)C(C)(C)N1O. The highest BCUT2D eigenvalue weighted by molar-refractivity contribution is 5.91. The normalized spacial score (nSPS) is 36.0. The number of ether oxygens (including phenoxy) is 1. The fourth-order valence-corrected chi connectivity index (χ4v) is 5.41. The Kier molecular flexibility index (Phi) is 4.04. The van der Waals surface area contributed by atoms with Crippen LogP contribution in [0.25, 0.3) is 0 Å². The molecule has 0 saturated carbocycles. The summed E-state index contributed by atoms with van der Waals surface area (Å²) in [5, 5.41) is 24.3. The van der Waals surface area contributed by atoms with Gasteiger partial charge in [0.15, 0.2) is 11.4 Å². The zero-order valence-corrected chi connectivity index (χ0v) is 17.4. The third-order valence-corrected chi connectivity index (χ3v) is 6.93. The first-order valence-electron chi connectivity index (χ1n) is 9.53. The predicted molar refractivity (Wildman–Crippen MR) is 97.9 cm³/mol. The van der Waals surface area contributed by atoms with Gasteiger partial charge in [0.2, 0.25) is 0 Å². The number of piperidine rings is 1. The Morgan fingerprint density at radius 1 is 0.885 bits per heavy atom. The van der Waals surface area contributed by atoms with Crippen molar-refractivity contribution in [3.8, 4) is 0 Å². The molecule has 0 aromatic rings. The van der Waals surface area contributed by atoms with Crippen LogP contribution in [0.5, 0.6) is 0 Å². The summed E-state index contributed by atoms with van der Waals surface area (Å²) in [7, 11) is 0. The number of rotatable bonds is 0. The van der Waals surface area contributed by atoms with Gasteiger partial charge in [-0.3, -0.25) is 4.79 Å². The molecular formula is C20H34N2O4. The summed E-state index contributed by atoms with van der Waals surface area (Å²) >= 11 is 0. The van der Waals surface area contributed by atoms with Crippen LogP contribution in [0.3, 0.4) is 0 Å². The third kappa shape index (κ3) is 2.35. The molecule has 6 nitrogen and oxygen atoms in total. The van der Waals surface area contributed by atoms with Crippen molar-refractivity contribution in [2.24, 2.45) is 0 Å². The van der Waals surface area contributed by atoms with Crippen molar-refractivity contribution < 1.29 is 19.9 Å². The molecule has 2 N–H and O–H groups in total. The zero-order valence-electron chi connectivity index (χ0n) is 17.4. The highest BCUT2D eigenvalue weighted by Crippen LogP contribution is 2.54. The molecule has 1 saturated heterocycles. The molecule has 26 heavy (non-hydrogen) atoms. The minimum atomic E-state index is -1.07. The van der Waals surface area contributed by atoms with Gasteiger partial charge in [0.1, 0.15) is 5.76 Å². The zero-order chi connectivity index (χ0) is 19.9. The molecule has 148 valence electrons.